The molecule has 216 valence electrons. The summed E-state index contributed by atoms with van der Waals surface area (Å²) in [5.74, 6) is -1.00. The third-order valence-corrected chi connectivity index (χ3v) is 8.08. The number of ether oxygens (including phenoxy) is 2. The van der Waals surface area contributed by atoms with Crippen LogP contribution < -0.4 is 4.74 Å². The van der Waals surface area contributed by atoms with Crippen LogP contribution in [-0.2, 0) is 14.3 Å². The van der Waals surface area contributed by atoms with Gasteiger partial charge in [-0.05, 0) is 54.5 Å². The summed E-state index contributed by atoms with van der Waals surface area (Å²) < 4.78 is 12.3. The first kappa shape index (κ1) is 29.8. The maximum absolute atomic E-state index is 13.4. The summed E-state index contributed by atoms with van der Waals surface area (Å²) in [6, 6.07) is 13.5. The van der Waals surface area contributed by atoms with Crippen molar-refractivity contribution < 1.29 is 39.5 Å². The topological polar surface area (TPSA) is 134 Å². The van der Waals surface area contributed by atoms with E-state index in [0.29, 0.717) is 25.0 Å². The minimum Gasteiger partial charge on any atom is -0.481 e. The van der Waals surface area contributed by atoms with Crippen LogP contribution in [0.15, 0.2) is 66.3 Å². The summed E-state index contributed by atoms with van der Waals surface area (Å²) in [5, 5.41) is 41.8. The van der Waals surface area contributed by atoms with Gasteiger partial charge in [0.2, 0.25) is 0 Å². The van der Waals surface area contributed by atoms with Crippen molar-refractivity contribution in [1.29, 1.82) is 0 Å². The van der Waals surface area contributed by atoms with Crippen molar-refractivity contribution in [2.75, 3.05) is 0 Å². The van der Waals surface area contributed by atoms with Gasteiger partial charge in [0.25, 0.3) is 0 Å². The van der Waals surface area contributed by atoms with E-state index in [1.807, 2.05) is 55.5 Å². The van der Waals surface area contributed by atoms with E-state index in [-0.39, 0.29) is 30.6 Å². The van der Waals surface area contributed by atoms with Gasteiger partial charge in [-0.1, -0.05) is 68.5 Å². The van der Waals surface area contributed by atoms with E-state index in [1.165, 1.54) is 0 Å². The van der Waals surface area contributed by atoms with Gasteiger partial charge in [-0.25, -0.2) is 4.79 Å². The molecule has 2 aromatic rings. The van der Waals surface area contributed by atoms with Crippen molar-refractivity contribution in [3.05, 3.63) is 66.3 Å². The molecule has 0 aliphatic heterocycles. The van der Waals surface area contributed by atoms with Crippen LogP contribution in [0.4, 0.5) is 0 Å². The fourth-order valence-corrected chi connectivity index (χ4v) is 6.06. The van der Waals surface area contributed by atoms with Crippen molar-refractivity contribution in [2.24, 2.45) is 17.8 Å². The van der Waals surface area contributed by atoms with Gasteiger partial charge in [-0.2, -0.15) is 0 Å². The van der Waals surface area contributed by atoms with Gasteiger partial charge in [0.05, 0.1) is 24.7 Å². The van der Waals surface area contributed by atoms with Gasteiger partial charge in [-0.15, -0.1) is 0 Å². The molecule has 8 unspecified atom stereocenters. The molecule has 0 amide bonds. The van der Waals surface area contributed by atoms with Crippen molar-refractivity contribution in [2.45, 2.75) is 82.9 Å². The highest BCUT2D eigenvalue weighted by Gasteiger charge is 2.42. The predicted octanol–water partition coefficient (Wildman–Crippen LogP) is 4.41. The molecule has 2 aromatic carbocycles. The molecule has 0 aromatic heterocycles. The Balaban J connectivity index is 1.47. The normalized spacial score (nSPS) is 26.3. The minimum absolute atomic E-state index is 0.0164. The van der Waals surface area contributed by atoms with Crippen molar-refractivity contribution >= 4 is 22.7 Å². The zero-order valence-corrected chi connectivity index (χ0v) is 23.1. The van der Waals surface area contributed by atoms with E-state index in [4.69, 9.17) is 14.6 Å². The molecule has 2 aliphatic carbocycles. The van der Waals surface area contributed by atoms with E-state index in [0.717, 1.165) is 16.3 Å². The smallest absolute Gasteiger partial charge is 0.347 e. The summed E-state index contributed by atoms with van der Waals surface area (Å²) in [7, 11) is 0. The van der Waals surface area contributed by atoms with Gasteiger partial charge in [0.15, 0.2) is 6.10 Å². The van der Waals surface area contributed by atoms with Crippen LogP contribution in [-0.4, -0.2) is 62.9 Å². The summed E-state index contributed by atoms with van der Waals surface area (Å²) in [4.78, 5) is 24.3. The number of hydrogen-bond donors (Lipinski definition) is 4. The lowest BCUT2D eigenvalue weighted by Crippen LogP contribution is -2.44. The van der Waals surface area contributed by atoms with Crippen molar-refractivity contribution in [3.63, 3.8) is 0 Å². The maximum atomic E-state index is 13.4. The van der Waals surface area contributed by atoms with E-state index < -0.39 is 48.9 Å². The molecular weight excluding hydrogens is 512 g/mol. The predicted molar refractivity (Wildman–Crippen MR) is 151 cm³/mol. The number of carbonyl (C=O) groups is 2. The fourth-order valence-electron chi connectivity index (χ4n) is 6.06. The molecule has 0 bridgehead atoms. The highest BCUT2D eigenvalue weighted by molar-refractivity contribution is 5.88. The second kappa shape index (κ2) is 13.4. The Labute approximate surface area is 234 Å². The van der Waals surface area contributed by atoms with Gasteiger partial charge < -0.3 is 29.9 Å². The number of carboxylic acid groups (broad SMARTS) is 1. The number of aliphatic carboxylic acids is 1. The zero-order chi connectivity index (χ0) is 28.8. The van der Waals surface area contributed by atoms with Crippen LogP contribution >= 0.6 is 0 Å². The monoisotopic (exact) mass is 552 g/mol. The van der Waals surface area contributed by atoms with E-state index in [9.17, 15) is 24.9 Å². The standard InChI is InChI=1S/C32H40O8/c1-3-27(39-28-10-6-8-20-7-4-5-9-26(20)28)32(38)40-29-17-23(34)15-21-12-11-19(2)25(31(21)29)14-13-22(33)16-24(35)18-30(36)37/h4-12,15,19,22-25,27,29,31,33-35H,3,13-14,16-18H2,1-2H3,(H,36,37). The summed E-state index contributed by atoms with van der Waals surface area (Å²) >= 11 is 0. The SMILES string of the molecule is CCC(Oc1cccc2ccccc12)C(=O)OC1CC(O)C=C2C=CC(C)C(CCC(O)CC(O)CC(=O)O)C21. The number of carbonyl (C=O) groups excluding carboxylic acids is 1. The molecule has 0 fully saturated rings. The lowest BCUT2D eigenvalue weighted by atomic mass is 9.66. The van der Waals surface area contributed by atoms with Crippen LogP contribution in [0.25, 0.3) is 10.8 Å². The van der Waals surface area contributed by atoms with Gasteiger partial charge >= 0.3 is 11.9 Å². The van der Waals surface area contributed by atoms with E-state index in [1.54, 1.807) is 6.08 Å². The average Bonchev–Trinajstić information content (AvgIpc) is 2.90. The highest BCUT2D eigenvalue weighted by atomic mass is 16.6. The molecule has 0 radical (unpaired) electrons. The fraction of sp³-hybridized carbons (Fsp3) is 0.500. The number of esters is 1. The second-order valence-corrected chi connectivity index (χ2v) is 11.1. The first-order valence-electron chi connectivity index (χ1n) is 14.2. The molecular formula is C32H40O8. The Bertz CT molecular complexity index is 1230. The van der Waals surface area contributed by atoms with Crippen LogP contribution in [0.5, 0.6) is 5.75 Å². The van der Waals surface area contributed by atoms with Crippen molar-refractivity contribution in [3.8, 4) is 5.75 Å². The molecule has 40 heavy (non-hydrogen) atoms. The molecule has 8 nitrogen and oxygen atoms in total. The molecule has 2 aliphatic rings. The molecule has 8 heteroatoms. The lowest BCUT2D eigenvalue weighted by molar-refractivity contribution is -0.163. The Morgan fingerprint density at radius 3 is 2.58 bits per heavy atom. The Kier molecular flexibility index (Phi) is 10.0. The maximum Gasteiger partial charge on any atom is 0.347 e. The largest absolute Gasteiger partial charge is 0.481 e. The molecule has 0 saturated heterocycles. The Hall–Kier alpha value is -3.20. The van der Waals surface area contributed by atoms with Crippen LogP contribution in [0.3, 0.4) is 0 Å². The molecule has 0 saturated carbocycles. The summed E-state index contributed by atoms with van der Waals surface area (Å²) in [6.45, 7) is 3.94. The molecule has 4 rings (SSSR count). The molecule has 8 atom stereocenters. The number of aliphatic hydroxyl groups is 3. The first-order valence-corrected chi connectivity index (χ1v) is 14.2. The van der Waals surface area contributed by atoms with Crippen LogP contribution in [0, 0.1) is 17.8 Å². The van der Waals surface area contributed by atoms with Crippen molar-refractivity contribution in [1.82, 2.24) is 0 Å². The van der Waals surface area contributed by atoms with E-state index in [2.05, 4.69) is 13.0 Å². The highest BCUT2D eigenvalue weighted by Crippen LogP contribution is 2.44. The number of fused-ring (bicyclic) bond motifs is 2. The van der Waals surface area contributed by atoms with E-state index >= 15 is 0 Å². The van der Waals surface area contributed by atoms with Gasteiger partial charge in [0, 0.05) is 17.7 Å². The Morgan fingerprint density at radius 2 is 1.82 bits per heavy atom. The molecule has 0 heterocycles. The first-order chi connectivity index (χ1) is 19.2. The zero-order valence-electron chi connectivity index (χ0n) is 23.1. The molecule has 0 spiro atoms. The Morgan fingerprint density at radius 1 is 1.07 bits per heavy atom. The number of hydrogen-bond acceptors (Lipinski definition) is 7. The number of rotatable bonds is 12. The minimum atomic E-state index is -1.11. The number of allylic oxidation sites excluding steroid dienone is 2. The molecule has 4 N–H and O–H groups in total. The van der Waals surface area contributed by atoms with Gasteiger partial charge in [-0.3, -0.25) is 4.79 Å². The third kappa shape index (κ3) is 7.30. The quantitative estimate of drug-likeness (QED) is 0.285. The van der Waals surface area contributed by atoms with Crippen LogP contribution in [0.1, 0.15) is 52.4 Å². The average molecular weight is 553 g/mol. The summed E-state index contributed by atoms with van der Waals surface area (Å²) in [5.41, 5.74) is 0.906. The van der Waals surface area contributed by atoms with Crippen LogP contribution in [0.2, 0.25) is 0 Å². The van der Waals surface area contributed by atoms with Gasteiger partial charge in [0.1, 0.15) is 11.9 Å². The third-order valence-electron chi connectivity index (χ3n) is 8.08. The number of carboxylic acids is 1. The number of aliphatic hydroxyl groups excluding tert-OH is 3. The second-order valence-electron chi connectivity index (χ2n) is 11.1. The number of benzene rings is 2. The summed E-state index contributed by atoms with van der Waals surface area (Å²) in [6.07, 6.45) is 2.95. The lowest BCUT2D eigenvalue weighted by Gasteiger charge is -2.43.